The van der Waals surface area contributed by atoms with Crippen LogP contribution in [0.3, 0.4) is 0 Å². The van der Waals surface area contributed by atoms with Crippen molar-refractivity contribution in [3.8, 4) is 0 Å². The highest BCUT2D eigenvalue weighted by atomic mass is 35.5. The van der Waals surface area contributed by atoms with E-state index in [4.69, 9.17) is 16.0 Å². The van der Waals surface area contributed by atoms with Crippen molar-refractivity contribution in [1.29, 1.82) is 0 Å². The highest BCUT2D eigenvalue weighted by molar-refractivity contribution is 7.90. The van der Waals surface area contributed by atoms with Crippen molar-refractivity contribution in [2.75, 3.05) is 6.54 Å². The number of aromatic nitrogens is 2. The Labute approximate surface area is 145 Å². The van der Waals surface area contributed by atoms with Gasteiger partial charge in [0, 0.05) is 23.9 Å². The number of carbonyl (C=O) groups excluding carboxylic acids is 1. The lowest BCUT2D eigenvalue weighted by atomic mass is 10.2. The molecule has 1 N–H and O–H groups in total. The fourth-order valence-corrected chi connectivity index (χ4v) is 3.30. The van der Waals surface area contributed by atoms with Crippen LogP contribution in [0.15, 0.2) is 33.9 Å². The Balaban J connectivity index is 2.01. The molecule has 0 radical (unpaired) electrons. The van der Waals surface area contributed by atoms with Crippen LogP contribution in [0.4, 0.5) is 0 Å². The molecule has 0 aliphatic heterocycles. The van der Waals surface area contributed by atoms with Crippen molar-refractivity contribution in [2.45, 2.75) is 31.2 Å². The van der Waals surface area contributed by atoms with Crippen LogP contribution in [0.1, 0.15) is 25.3 Å². The van der Waals surface area contributed by atoms with E-state index >= 15 is 0 Å². The molecule has 2 rings (SSSR count). The standard InChI is InChI=1S/C15H18ClN3O4S/c1-10(2)14(20)17-8-7-13-18-19-15(23-13)24(21,22)9-11-5-3-4-6-12(11)16/h3-6,10H,7-9H2,1-2H3,(H,17,20). The molecule has 0 aliphatic carbocycles. The molecule has 1 amide bonds. The third-order valence-corrected chi connectivity index (χ3v) is 4.94. The van der Waals surface area contributed by atoms with Crippen LogP contribution >= 0.6 is 11.6 Å². The van der Waals surface area contributed by atoms with Gasteiger partial charge in [-0.25, -0.2) is 8.42 Å². The molecule has 1 aromatic heterocycles. The van der Waals surface area contributed by atoms with Crippen molar-refractivity contribution in [2.24, 2.45) is 5.92 Å². The smallest absolute Gasteiger partial charge is 0.335 e. The van der Waals surface area contributed by atoms with E-state index in [9.17, 15) is 13.2 Å². The number of nitrogens with zero attached hydrogens (tertiary/aromatic N) is 2. The topological polar surface area (TPSA) is 102 Å². The first-order chi connectivity index (χ1) is 11.3. The van der Waals surface area contributed by atoms with E-state index < -0.39 is 15.1 Å². The van der Waals surface area contributed by atoms with Gasteiger partial charge in [0.05, 0.1) is 5.75 Å². The number of carbonyl (C=O) groups is 1. The van der Waals surface area contributed by atoms with E-state index in [1.165, 1.54) is 0 Å². The summed E-state index contributed by atoms with van der Waals surface area (Å²) in [6.45, 7) is 3.85. The van der Waals surface area contributed by atoms with Crippen molar-refractivity contribution in [3.05, 3.63) is 40.7 Å². The maximum atomic E-state index is 12.3. The first-order valence-corrected chi connectivity index (χ1v) is 9.39. The van der Waals surface area contributed by atoms with Gasteiger partial charge in [-0.3, -0.25) is 4.79 Å². The highest BCUT2D eigenvalue weighted by Crippen LogP contribution is 2.21. The maximum absolute atomic E-state index is 12.3. The zero-order valence-electron chi connectivity index (χ0n) is 13.3. The Morgan fingerprint density at radius 3 is 2.67 bits per heavy atom. The van der Waals surface area contributed by atoms with Crippen molar-refractivity contribution >= 4 is 27.3 Å². The highest BCUT2D eigenvalue weighted by Gasteiger charge is 2.24. The van der Waals surface area contributed by atoms with Crippen molar-refractivity contribution in [1.82, 2.24) is 15.5 Å². The van der Waals surface area contributed by atoms with E-state index in [0.29, 0.717) is 17.1 Å². The number of amides is 1. The van der Waals surface area contributed by atoms with Crippen LogP contribution in [0.25, 0.3) is 0 Å². The molecular weight excluding hydrogens is 354 g/mol. The fraction of sp³-hybridized carbons (Fsp3) is 0.400. The van der Waals surface area contributed by atoms with Gasteiger partial charge in [0.2, 0.25) is 21.6 Å². The summed E-state index contributed by atoms with van der Waals surface area (Å²) >= 11 is 5.98. The molecule has 0 saturated carbocycles. The summed E-state index contributed by atoms with van der Waals surface area (Å²) < 4.78 is 29.8. The molecule has 130 valence electrons. The van der Waals surface area contributed by atoms with Crippen molar-refractivity contribution in [3.63, 3.8) is 0 Å². The summed E-state index contributed by atoms with van der Waals surface area (Å²) in [4.78, 5) is 11.4. The second-order valence-corrected chi connectivity index (χ2v) is 7.78. The molecule has 1 heterocycles. The van der Waals surface area contributed by atoms with Crippen LogP contribution in [-0.2, 0) is 26.8 Å². The Morgan fingerprint density at radius 2 is 2.00 bits per heavy atom. The Hall–Kier alpha value is -1.93. The number of rotatable bonds is 7. The average Bonchev–Trinajstić information content (AvgIpc) is 2.99. The molecule has 9 heteroatoms. The summed E-state index contributed by atoms with van der Waals surface area (Å²) in [5, 5.41) is 9.89. The number of sulfone groups is 1. The molecule has 7 nitrogen and oxygen atoms in total. The number of nitrogens with one attached hydrogen (secondary N) is 1. The minimum Gasteiger partial charge on any atom is -0.412 e. The molecular formula is C15H18ClN3O4S. The normalized spacial score (nSPS) is 11.7. The van der Waals surface area contributed by atoms with E-state index in [0.717, 1.165) is 0 Å². The van der Waals surface area contributed by atoms with Gasteiger partial charge in [0.15, 0.2) is 0 Å². The second-order valence-electron chi connectivity index (χ2n) is 5.51. The average molecular weight is 372 g/mol. The second kappa shape index (κ2) is 7.76. The van der Waals surface area contributed by atoms with Crippen LogP contribution in [0.2, 0.25) is 5.02 Å². The molecule has 24 heavy (non-hydrogen) atoms. The van der Waals surface area contributed by atoms with Gasteiger partial charge in [-0.05, 0) is 11.6 Å². The largest absolute Gasteiger partial charge is 0.412 e. The van der Waals surface area contributed by atoms with E-state index in [1.807, 2.05) is 0 Å². The molecule has 0 atom stereocenters. The van der Waals surface area contributed by atoms with Crippen LogP contribution in [0, 0.1) is 5.92 Å². The molecule has 0 aliphatic rings. The lowest BCUT2D eigenvalue weighted by Crippen LogP contribution is -2.29. The van der Waals surface area contributed by atoms with E-state index in [1.54, 1.807) is 38.1 Å². The Kier molecular flexibility index (Phi) is 5.95. The monoisotopic (exact) mass is 371 g/mol. The molecule has 0 fully saturated rings. The van der Waals surface area contributed by atoms with Crippen LogP contribution in [-0.4, -0.2) is 31.1 Å². The molecule has 0 spiro atoms. The number of halogens is 1. The molecule has 0 bridgehead atoms. The van der Waals surface area contributed by atoms with Gasteiger partial charge >= 0.3 is 5.22 Å². The maximum Gasteiger partial charge on any atom is 0.335 e. The number of hydrogen-bond donors (Lipinski definition) is 1. The lowest BCUT2D eigenvalue weighted by Gasteiger charge is -2.05. The quantitative estimate of drug-likeness (QED) is 0.798. The zero-order chi connectivity index (χ0) is 17.7. The predicted molar refractivity (Wildman–Crippen MR) is 88.2 cm³/mol. The van der Waals surface area contributed by atoms with Gasteiger partial charge in [-0.1, -0.05) is 48.7 Å². The fourth-order valence-electron chi connectivity index (χ4n) is 1.84. The Bertz CT molecular complexity index is 818. The molecule has 1 aromatic carbocycles. The minimum atomic E-state index is -3.78. The number of hydrogen-bond acceptors (Lipinski definition) is 6. The van der Waals surface area contributed by atoms with Gasteiger partial charge < -0.3 is 9.73 Å². The van der Waals surface area contributed by atoms with Crippen LogP contribution in [0.5, 0.6) is 0 Å². The van der Waals surface area contributed by atoms with Gasteiger partial charge in [0.1, 0.15) is 0 Å². The van der Waals surface area contributed by atoms with E-state index in [2.05, 4.69) is 15.5 Å². The van der Waals surface area contributed by atoms with Gasteiger partial charge in [-0.15, -0.1) is 5.10 Å². The van der Waals surface area contributed by atoms with Gasteiger partial charge in [-0.2, -0.15) is 0 Å². The number of benzene rings is 1. The van der Waals surface area contributed by atoms with Gasteiger partial charge in [0.25, 0.3) is 0 Å². The molecule has 2 aromatic rings. The SMILES string of the molecule is CC(C)C(=O)NCCc1nnc(S(=O)(=O)Cc2ccccc2Cl)o1. The predicted octanol–water partition coefficient (Wildman–Crippen LogP) is 2.01. The molecule has 0 saturated heterocycles. The third-order valence-electron chi connectivity index (χ3n) is 3.18. The summed E-state index contributed by atoms with van der Waals surface area (Å²) in [6, 6.07) is 6.66. The Morgan fingerprint density at radius 1 is 1.29 bits per heavy atom. The first-order valence-electron chi connectivity index (χ1n) is 7.36. The summed E-state index contributed by atoms with van der Waals surface area (Å²) in [5.41, 5.74) is 0.461. The van der Waals surface area contributed by atoms with Crippen LogP contribution < -0.4 is 5.32 Å². The van der Waals surface area contributed by atoms with Crippen molar-refractivity contribution < 1.29 is 17.6 Å². The minimum absolute atomic E-state index is 0.0962. The third kappa shape index (κ3) is 4.78. The lowest BCUT2D eigenvalue weighted by molar-refractivity contribution is -0.123. The summed E-state index contributed by atoms with van der Waals surface area (Å²) in [5.74, 6) is -0.393. The first kappa shape index (κ1) is 18.4. The molecule has 0 unspecified atom stereocenters. The zero-order valence-corrected chi connectivity index (χ0v) is 14.9. The summed E-state index contributed by atoms with van der Waals surface area (Å²) in [7, 11) is -3.78. The summed E-state index contributed by atoms with van der Waals surface area (Å²) in [6.07, 6.45) is 0.257. The van der Waals surface area contributed by atoms with E-state index in [-0.39, 0.29) is 29.9 Å².